The maximum atomic E-state index is 12.9. The van der Waals surface area contributed by atoms with Gasteiger partial charge >= 0.3 is 0 Å². The highest BCUT2D eigenvalue weighted by atomic mass is 32.1. The normalized spacial score (nSPS) is 15.5. The van der Waals surface area contributed by atoms with Gasteiger partial charge in [-0.1, -0.05) is 12.1 Å². The molecule has 0 unspecified atom stereocenters. The van der Waals surface area contributed by atoms with Gasteiger partial charge in [-0.3, -0.25) is 0 Å². The van der Waals surface area contributed by atoms with Gasteiger partial charge in [0.1, 0.15) is 5.82 Å². The first-order valence-electron chi connectivity index (χ1n) is 8.80. The van der Waals surface area contributed by atoms with Crippen LogP contribution in [0.2, 0.25) is 0 Å². The maximum absolute atomic E-state index is 12.9. The molecule has 5 heteroatoms. The molecular weight excluding hydrogens is 333 g/mol. The highest BCUT2D eigenvalue weighted by Crippen LogP contribution is 2.22. The lowest BCUT2D eigenvalue weighted by molar-refractivity contribution is 0.577. The topological polar surface area (TPSA) is 27.3 Å². The van der Waals surface area contributed by atoms with Gasteiger partial charge in [-0.2, -0.15) is 0 Å². The number of nitrogens with one attached hydrogen (secondary N) is 2. The first-order chi connectivity index (χ1) is 12.1. The molecule has 1 aliphatic heterocycles. The molecule has 25 heavy (non-hydrogen) atoms. The molecule has 3 nitrogen and oxygen atoms in total. The van der Waals surface area contributed by atoms with Crippen molar-refractivity contribution >= 4 is 28.7 Å². The zero-order valence-corrected chi connectivity index (χ0v) is 15.3. The molecule has 0 radical (unpaired) electrons. The third-order valence-electron chi connectivity index (χ3n) is 4.56. The third-order valence-corrected chi connectivity index (χ3v) is 4.78. The van der Waals surface area contributed by atoms with E-state index < -0.39 is 0 Å². The second-order valence-electron chi connectivity index (χ2n) is 6.47. The van der Waals surface area contributed by atoms with Crippen LogP contribution in [0.15, 0.2) is 48.5 Å². The van der Waals surface area contributed by atoms with Crippen molar-refractivity contribution in [2.75, 3.05) is 23.3 Å². The molecule has 132 valence electrons. The Morgan fingerprint density at radius 1 is 1.00 bits per heavy atom. The van der Waals surface area contributed by atoms with Gasteiger partial charge in [0.2, 0.25) is 0 Å². The Labute approximate surface area is 154 Å². The molecule has 1 heterocycles. The van der Waals surface area contributed by atoms with Gasteiger partial charge in [-0.15, -0.1) is 0 Å². The van der Waals surface area contributed by atoms with Crippen LogP contribution in [0.5, 0.6) is 0 Å². The fourth-order valence-corrected chi connectivity index (χ4v) is 3.40. The average molecular weight is 357 g/mol. The van der Waals surface area contributed by atoms with Gasteiger partial charge in [-0.05, 0) is 80.4 Å². The standard InChI is InChI=1S/C20H24FN3S/c1-15(22-20(25)23-18-9-7-17(21)8-10-18)16-5-11-19(12-6-16)24-13-3-2-4-14-24/h5-12,15H,2-4,13-14H2,1H3,(H2,22,23,25)/t15-/m1/s1. The number of hydrogen-bond acceptors (Lipinski definition) is 2. The molecule has 0 bridgehead atoms. The van der Waals surface area contributed by atoms with Crippen LogP contribution in [-0.2, 0) is 0 Å². The summed E-state index contributed by atoms with van der Waals surface area (Å²) >= 11 is 5.35. The number of halogens is 1. The molecular formula is C20H24FN3S. The monoisotopic (exact) mass is 357 g/mol. The Bertz CT molecular complexity index is 694. The molecule has 0 saturated carbocycles. The lowest BCUT2D eigenvalue weighted by Crippen LogP contribution is -2.31. The van der Waals surface area contributed by atoms with Crippen LogP contribution in [0.25, 0.3) is 0 Å². The predicted octanol–water partition coefficient (Wildman–Crippen LogP) is 4.86. The summed E-state index contributed by atoms with van der Waals surface area (Å²) in [6.45, 7) is 4.38. The second-order valence-corrected chi connectivity index (χ2v) is 6.87. The molecule has 1 saturated heterocycles. The van der Waals surface area contributed by atoms with Crippen molar-refractivity contribution in [3.05, 3.63) is 59.9 Å². The van der Waals surface area contributed by atoms with E-state index in [2.05, 4.69) is 46.7 Å². The van der Waals surface area contributed by atoms with E-state index in [9.17, 15) is 4.39 Å². The van der Waals surface area contributed by atoms with Crippen molar-refractivity contribution < 1.29 is 4.39 Å². The number of thiocarbonyl (C=S) groups is 1. The van der Waals surface area contributed by atoms with Crippen LogP contribution in [-0.4, -0.2) is 18.2 Å². The Kier molecular flexibility index (Phi) is 5.87. The number of nitrogens with zero attached hydrogens (tertiary/aromatic N) is 1. The van der Waals surface area contributed by atoms with Gasteiger partial charge < -0.3 is 15.5 Å². The SMILES string of the molecule is C[C@@H](NC(=S)Nc1ccc(F)cc1)c1ccc(N2CCCCC2)cc1. The average Bonchev–Trinajstić information content (AvgIpc) is 2.64. The minimum absolute atomic E-state index is 0.0934. The molecule has 2 aromatic carbocycles. The number of hydrogen-bond donors (Lipinski definition) is 2. The molecule has 1 aliphatic rings. The van der Waals surface area contributed by atoms with E-state index in [0.29, 0.717) is 5.11 Å². The summed E-state index contributed by atoms with van der Waals surface area (Å²) in [5.74, 6) is -0.258. The van der Waals surface area contributed by atoms with Gasteiger partial charge in [0.25, 0.3) is 0 Å². The van der Waals surface area contributed by atoms with Crippen molar-refractivity contribution in [2.45, 2.75) is 32.2 Å². The summed E-state index contributed by atoms with van der Waals surface area (Å²) < 4.78 is 12.9. The van der Waals surface area contributed by atoms with Crippen LogP contribution in [0.3, 0.4) is 0 Å². The first-order valence-corrected chi connectivity index (χ1v) is 9.20. The number of rotatable bonds is 4. The van der Waals surface area contributed by atoms with Crippen molar-refractivity contribution in [1.82, 2.24) is 5.32 Å². The van der Waals surface area contributed by atoms with Crippen LogP contribution in [0.1, 0.15) is 37.8 Å². The first kappa shape index (κ1) is 17.7. The van der Waals surface area contributed by atoms with E-state index in [1.54, 1.807) is 12.1 Å². The van der Waals surface area contributed by atoms with Crippen molar-refractivity contribution in [3.8, 4) is 0 Å². The van der Waals surface area contributed by atoms with Crippen LogP contribution < -0.4 is 15.5 Å². The van der Waals surface area contributed by atoms with Crippen molar-refractivity contribution in [1.29, 1.82) is 0 Å². The minimum Gasteiger partial charge on any atom is -0.372 e. The molecule has 2 aromatic rings. The molecule has 0 amide bonds. The second kappa shape index (κ2) is 8.30. The smallest absolute Gasteiger partial charge is 0.171 e. The Morgan fingerprint density at radius 2 is 1.64 bits per heavy atom. The van der Waals surface area contributed by atoms with Gasteiger partial charge in [0, 0.05) is 24.5 Å². The molecule has 1 atom stereocenters. The van der Waals surface area contributed by atoms with E-state index >= 15 is 0 Å². The molecule has 0 spiro atoms. The predicted molar refractivity (Wildman–Crippen MR) is 107 cm³/mol. The third kappa shape index (κ3) is 4.92. The largest absolute Gasteiger partial charge is 0.372 e. The van der Waals surface area contributed by atoms with E-state index in [4.69, 9.17) is 12.2 Å². The van der Waals surface area contributed by atoms with Crippen molar-refractivity contribution in [2.24, 2.45) is 0 Å². The molecule has 3 rings (SSSR count). The zero-order chi connectivity index (χ0) is 17.6. The summed E-state index contributed by atoms with van der Waals surface area (Å²) in [6, 6.07) is 14.9. The van der Waals surface area contributed by atoms with E-state index in [1.165, 1.54) is 42.6 Å². The van der Waals surface area contributed by atoms with Crippen molar-refractivity contribution in [3.63, 3.8) is 0 Å². The van der Waals surface area contributed by atoms with Gasteiger partial charge in [0.15, 0.2) is 5.11 Å². The van der Waals surface area contributed by atoms with E-state index in [1.807, 2.05) is 0 Å². The molecule has 1 fully saturated rings. The number of piperidine rings is 1. The Balaban J connectivity index is 1.55. The quantitative estimate of drug-likeness (QED) is 0.764. The highest BCUT2D eigenvalue weighted by Gasteiger charge is 2.12. The summed E-state index contributed by atoms with van der Waals surface area (Å²) in [6.07, 6.45) is 3.90. The van der Waals surface area contributed by atoms with Gasteiger partial charge in [-0.25, -0.2) is 4.39 Å². The lowest BCUT2D eigenvalue weighted by Gasteiger charge is -2.29. The Morgan fingerprint density at radius 3 is 2.28 bits per heavy atom. The van der Waals surface area contributed by atoms with E-state index in [-0.39, 0.29) is 11.9 Å². The summed E-state index contributed by atoms with van der Waals surface area (Å²) in [7, 11) is 0. The van der Waals surface area contributed by atoms with Gasteiger partial charge in [0.05, 0.1) is 6.04 Å². The summed E-state index contributed by atoms with van der Waals surface area (Å²) in [4.78, 5) is 2.45. The molecule has 0 aromatic heterocycles. The molecule has 0 aliphatic carbocycles. The summed E-state index contributed by atoms with van der Waals surface area (Å²) in [5.41, 5.74) is 3.25. The Hall–Kier alpha value is -2.14. The summed E-state index contributed by atoms with van der Waals surface area (Å²) in [5, 5.41) is 6.88. The number of benzene rings is 2. The zero-order valence-electron chi connectivity index (χ0n) is 14.5. The lowest BCUT2D eigenvalue weighted by atomic mass is 10.1. The minimum atomic E-state index is -0.258. The fourth-order valence-electron chi connectivity index (χ4n) is 3.11. The van der Waals surface area contributed by atoms with E-state index in [0.717, 1.165) is 18.8 Å². The fraction of sp³-hybridized carbons (Fsp3) is 0.350. The van der Waals surface area contributed by atoms with Crippen LogP contribution >= 0.6 is 12.2 Å². The highest BCUT2D eigenvalue weighted by molar-refractivity contribution is 7.80. The number of anilines is 2. The maximum Gasteiger partial charge on any atom is 0.171 e. The van der Waals surface area contributed by atoms with Crippen LogP contribution in [0, 0.1) is 5.82 Å². The molecule has 2 N–H and O–H groups in total. The van der Waals surface area contributed by atoms with Crippen LogP contribution in [0.4, 0.5) is 15.8 Å².